The van der Waals surface area contributed by atoms with Gasteiger partial charge in [-0.3, -0.25) is 4.90 Å². The van der Waals surface area contributed by atoms with E-state index in [1.807, 2.05) is 6.07 Å². The summed E-state index contributed by atoms with van der Waals surface area (Å²) in [4.78, 5) is 7.24. The molecule has 1 aromatic carbocycles. The topological polar surface area (TPSA) is 28.2 Å². The minimum Gasteiger partial charge on any atom is -0.368 e. The second-order valence-electron chi connectivity index (χ2n) is 5.72. The van der Waals surface area contributed by atoms with E-state index in [4.69, 9.17) is 0 Å². The third-order valence-corrected chi connectivity index (χ3v) is 4.19. The third kappa shape index (κ3) is 3.10. The van der Waals surface area contributed by atoms with E-state index in [0.717, 1.165) is 17.9 Å². The van der Waals surface area contributed by atoms with Crippen molar-refractivity contribution in [3.8, 4) is 0 Å². The van der Waals surface area contributed by atoms with Gasteiger partial charge < -0.3 is 5.32 Å². The van der Waals surface area contributed by atoms with E-state index >= 15 is 0 Å². The molecule has 1 atom stereocenters. The van der Waals surface area contributed by atoms with E-state index < -0.39 is 0 Å². The summed E-state index contributed by atoms with van der Waals surface area (Å²) in [6, 6.07) is 13.0. The first-order chi connectivity index (χ1) is 9.83. The van der Waals surface area contributed by atoms with Gasteiger partial charge in [0.2, 0.25) is 0 Å². The van der Waals surface area contributed by atoms with Crippen LogP contribution in [0.2, 0.25) is 0 Å². The van der Waals surface area contributed by atoms with E-state index in [-0.39, 0.29) is 0 Å². The van der Waals surface area contributed by atoms with Crippen LogP contribution in [0.5, 0.6) is 0 Å². The predicted molar refractivity (Wildman–Crippen MR) is 85.1 cm³/mol. The summed E-state index contributed by atoms with van der Waals surface area (Å²) >= 11 is 0. The predicted octanol–water partition coefficient (Wildman–Crippen LogP) is 3.52. The maximum Gasteiger partial charge on any atom is 0.126 e. The number of para-hydroxylation sites is 1. The van der Waals surface area contributed by atoms with Gasteiger partial charge in [0.25, 0.3) is 0 Å². The van der Waals surface area contributed by atoms with Crippen molar-refractivity contribution in [2.75, 3.05) is 25.0 Å². The minimum absolute atomic E-state index is 0.573. The molecular formula is C17H23N3. The van der Waals surface area contributed by atoms with Crippen molar-refractivity contribution in [1.29, 1.82) is 0 Å². The average molecular weight is 269 g/mol. The van der Waals surface area contributed by atoms with Gasteiger partial charge in [0, 0.05) is 18.0 Å². The number of hydrogen-bond acceptors (Lipinski definition) is 3. The number of benzene rings is 1. The molecule has 1 N–H and O–H groups in total. The first-order valence-electron chi connectivity index (χ1n) is 7.67. The van der Waals surface area contributed by atoms with E-state index in [9.17, 15) is 0 Å². The second kappa shape index (κ2) is 6.23. The minimum atomic E-state index is 0.573. The Morgan fingerprint density at radius 2 is 1.90 bits per heavy atom. The number of nitrogens with one attached hydrogen (secondary N) is 1. The van der Waals surface area contributed by atoms with Crippen molar-refractivity contribution < 1.29 is 0 Å². The molecule has 2 heterocycles. The summed E-state index contributed by atoms with van der Waals surface area (Å²) < 4.78 is 0. The summed E-state index contributed by atoms with van der Waals surface area (Å²) in [7, 11) is 0. The highest BCUT2D eigenvalue weighted by atomic mass is 15.2. The van der Waals surface area contributed by atoms with Crippen molar-refractivity contribution in [3.05, 3.63) is 36.4 Å². The van der Waals surface area contributed by atoms with Gasteiger partial charge in [-0.05, 0) is 51.1 Å². The van der Waals surface area contributed by atoms with Gasteiger partial charge in [-0.1, -0.05) is 24.6 Å². The summed E-state index contributed by atoms with van der Waals surface area (Å²) in [5.74, 6) is 0.979. The molecule has 3 nitrogen and oxygen atoms in total. The van der Waals surface area contributed by atoms with Gasteiger partial charge in [0.15, 0.2) is 0 Å². The van der Waals surface area contributed by atoms with E-state index in [0.29, 0.717) is 6.04 Å². The lowest BCUT2D eigenvalue weighted by molar-refractivity contribution is 0.180. The molecule has 1 fully saturated rings. The van der Waals surface area contributed by atoms with Crippen LogP contribution in [0.1, 0.15) is 26.2 Å². The van der Waals surface area contributed by atoms with Crippen molar-refractivity contribution in [2.24, 2.45) is 0 Å². The number of piperidine rings is 1. The van der Waals surface area contributed by atoms with Crippen molar-refractivity contribution in [3.63, 3.8) is 0 Å². The average Bonchev–Trinajstić information content (AvgIpc) is 2.53. The number of fused-ring (bicyclic) bond motifs is 1. The van der Waals surface area contributed by atoms with E-state index in [2.05, 4.69) is 52.5 Å². The molecule has 0 saturated carbocycles. The zero-order valence-electron chi connectivity index (χ0n) is 12.2. The molecule has 0 spiro atoms. The summed E-state index contributed by atoms with van der Waals surface area (Å²) in [5, 5.41) is 4.68. The summed E-state index contributed by atoms with van der Waals surface area (Å²) in [6.07, 6.45) is 4.08. The number of likely N-dealkylation sites (tertiary alicyclic amines) is 1. The van der Waals surface area contributed by atoms with Gasteiger partial charge in [-0.25, -0.2) is 4.98 Å². The highest BCUT2D eigenvalue weighted by Gasteiger charge is 2.16. The number of anilines is 1. The van der Waals surface area contributed by atoms with E-state index in [1.54, 1.807) is 0 Å². The first-order valence-corrected chi connectivity index (χ1v) is 7.67. The molecule has 1 saturated heterocycles. The lowest BCUT2D eigenvalue weighted by atomic mass is 10.1. The van der Waals surface area contributed by atoms with Gasteiger partial charge in [0.1, 0.15) is 5.82 Å². The SMILES string of the molecule is CC(CNc1ccc2ccccc2n1)N1CCCCC1. The van der Waals surface area contributed by atoms with Crippen LogP contribution in [0.15, 0.2) is 36.4 Å². The van der Waals surface area contributed by atoms with Gasteiger partial charge in [0.05, 0.1) is 5.52 Å². The van der Waals surface area contributed by atoms with Gasteiger partial charge >= 0.3 is 0 Å². The normalized spacial score (nSPS) is 18.1. The standard InChI is InChI=1S/C17H23N3/c1-14(20-11-5-2-6-12-20)13-18-17-10-9-15-7-3-4-8-16(15)19-17/h3-4,7-10,14H,2,5-6,11-13H2,1H3,(H,18,19). The number of pyridine rings is 1. The molecule has 20 heavy (non-hydrogen) atoms. The van der Waals surface area contributed by atoms with Crippen LogP contribution >= 0.6 is 0 Å². The first kappa shape index (κ1) is 13.4. The van der Waals surface area contributed by atoms with Crippen LogP contribution < -0.4 is 5.32 Å². The number of nitrogens with zero attached hydrogens (tertiary/aromatic N) is 2. The van der Waals surface area contributed by atoms with Crippen LogP contribution in [-0.2, 0) is 0 Å². The molecule has 3 heteroatoms. The molecule has 1 unspecified atom stereocenters. The van der Waals surface area contributed by atoms with Crippen molar-refractivity contribution in [2.45, 2.75) is 32.2 Å². The highest BCUT2D eigenvalue weighted by Crippen LogP contribution is 2.16. The fraction of sp³-hybridized carbons (Fsp3) is 0.471. The van der Waals surface area contributed by atoms with Crippen molar-refractivity contribution in [1.82, 2.24) is 9.88 Å². The largest absolute Gasteiger partial charge is 0.368 e. The zero-order chi connectivity index (χ0) is 13.8. The Bertz CT molecular complexity index is 561. The van der Waals surface area contributed by atoms with Crippen LogP contribution in [0.3, 0.4) is 0 Å². The Morgan fingerprint density at radius 3 is 2.75 bits per heavy atom. The smallest absolute Gasteiger partial charge is 0.126 e. The van der Waals surface area contributed by atoms with Crippen LogP contribution in [0.4, 0.5) is 5.82 Å². The lowest BCUT2D eigenvalue weighted by Crippen LogP contribution is -2.41. The molecule has 1 aliphatic heterocycles. The lowest BCUT2D eigenvalue weighted by Gasteiger charge is -2.32. The Balaban J connectivity index is 1.61. The van der Waals surface area contributed by atoms with E-state index in [1.165, 1.54) is 37.7 Å². The highest BCUT2D eigenvalue weighted by molar-refractivity contribution is 5.80. The maximum atomic E-state index is 4.66. The molecule has 0 bridgehead atoms. The molecule has 0 amide bonds. The Kier molecular flexibility index (Phi) is 4.16. The third-order valence-electron chi connectivity index (χ3n) is 4.19. The summed E-state index contributed by atoms with van der Waals surface area (Å²) in [6.45, 7) is 5.76. The molecule has 1 aromatic heterocycles. The quantitative estimate of drug-likeness (QED) is 0.920. The van der Waals surface area contributed by atoms with Crippen LogP contribution in [0.25, 0.3) is 10.9 Å². The number of hydrogen-bond donors (Lipinski definition) is 1. The molecule has 3 rings (SSSR count). The van der Waals surface area contributed by atoms with Gasteiger partial charge in [-0.2, -0.15) is 0 Å². The van der Waals surface area contributed by atoms with Crippen LogP contribution in [0, 0.1) is 0 Å². The monoisotopic (exact) mass is 269 g/mol. The maximum absolute atomic E-state index is 4.66. The molecule has 1 aliphatic rings. The molecule has 106 valence electrons. The fourth-order valence-electron chi connectivity index (χ4n) is 2.91. The molecular weight excluding hydrogens is 246 g/mol. The Labute approximate surface area is 121 Å². The zero-order valence-corrected chi connectivity index (χ0v) is 12.2. The molecule has 0 aliphatic carbocycles. The number of aromatic nitrogens is 1. The van der Waals surface area contributed by atoms with Crippen LogP contribution in [-0.4, -0.2) is 35.6 Å². The summed E-state index contributed by atoms with van der Waals surface area (Å²) in [5.41, 5.74) is 1.06. The second-order valence-corrected chi connectivity index (χ2v) is 5.72. The van der Waals surface area contributed by atoms with Gasteiger partial charge in [-0.15, -0.1) is 0 Å². The molecule has 2 aromatic rings. The fourth-order valence-corrected chi connectivity index (χ4v) is 2.91. The Morgan fingerprint density at radius 1 is 1.10 bits per heavy atom. The number of rotatable bonds is 4. The Hall–Kier alpha value is -1.61. The van der Waals surface area contributed by atoms with Crippen molar-refractivity contribution >= 4 is 16.7 Å². The molecule has 0 radical (unpaired) electrons.